The van der Waals surface area contributed by atoms with Crippen LogP contribution in [0.5, 0.6) is 0 Å². The van der Waals surface area contributed by atoms with Gasteiger partial charge in [-0.15, -0.1) is 0 Å². The number of nitrogens with zero attached hydrogens (tertiary/aromatic N) is 5. The van der Waals surface area contributed by atoms with E-state index in [1.165, 1.54) is 13.8 Å². The minimum atomic E-state index is -5.25. The van der Waals surface area contributed by atoms with Crippen molar-refractivity contribution >= 4 is 68.0 Å². The Morgan fingerprint density at radius 2 is 1.60 bits per heavy atom. The first-order valence-corrected chi connectivity index (χ1v) is 27.5. The van der Waals surface area contributed by atoms with E-state index in [-0.39, 0.29) is 38.2 Å². The number of halogens is 11. The van der Waals surface area contributed by atoms with E-state index in [9.17, 15) is 70.9 Å². The highest BCUT2D eigenvalue weighted by molar-refractivity contribution is 7.92. The van der Waals surface area contributed by atoms with Gasteiger partial charge in [0.15, 0.2) is 15.5 Å². The molecular formula is C44H39ClF10N7O12PS2. The fourth-order valence-corrected chi connectivity index (χ4v) is 10.1. The third kappa shape index (κ3) is 13.6. The number of hydrogen-bond acceptors (Lipinski definition) is 13. The second-order valence-electron chi connectivity index (χ2n) is 18.2. The Hall–Kier alpha value is -6.16. The second-order valence-corrected chi connectivity index (χ2v) is 24.1. The molecule has 416 valence electrons. The number of esters is 1. The highest BCUT2D eigenvalue weighted by Crippen LogP contribution is 2.68. The van der Waals surface area contributed by atoms with Crippen molar-refractivity contribution in [2.75, 3.05) is 13.0 Å². The summed E-state index contributed by atoms with van der Waals surface area (Å²) in [7, 11) is -14.0. The Bertz CT molecular complexity index is 3560. The molecule has 0 unspecified atom stereocenters. The van der Waals surface area contributed by atoms with Crippen LogP contribution in [0.15, 0.2) is 42.5 Å². The highest BCUT2D eigenvalue weighted by atomic mass is 35.5. The number of ether oxygens (including phenoxy) is 1. The van der Waals surface area contributed by atoms with E-state index < -0.39 is 187 Å². The van der Waals surface area contributed by atoms with Crippen molar-refractivity contribution in [2.24, 2.45) is 5.92 Å². The van der Waals surface area contributed by atoms with Gasteiger partial charge in [0.05, 0.1) is 34.4 Å². The fraction of sp³-hybridized carbons (Fsp3) is 0.409. The lowest BCUT2D eigenvalue weighted by molar-refractivity contribution is -0.152. The summed E-state index contributed by atoms with van der Waals surface area (Å²) in [6, 6.07) is 4.59. The maximum absolute atomic E-state index is 15.6. The molecule has 3 heterocycles. The molecule has 4 N–H and O–H groups in total. The minimum Gasteiger partial charge on any atom is -0.438 e. The Morgan fingerprint density at radius 1 is 0.948 bits per heavy atom. The van der Waals surface area contributed by atoms with E-state index in [1.807, 2.05) is 0 Å². The SMILES string of the molecule is CC(C)(C#Cc1ccc(-c2ccc(Cl)c3c(CS(=O)(=O)NC(=O)CCC(=O)OCOP(=O)(O)O)nn(CC(F)(F)F)c23)c([C@H](Cc2cc(F)cc(F)c2)NC(=O)Cn2nc(C(F)(F)F)c3c2C(F)(F)[C@@H]2C[C@H]32)n1)S(C)(=O)=O. The van der Waals surface area contributed by atoms with E-state index in [4.69, 9.17) is 21.4 Å². The van der Waals surface area contributed by atoms with Crippen LogP contribution in [0.3, 0.4) is 0 Å². The fourth-order valence-electron chi connectivity index (χ4n) is 8.34. The zero-order valence-electron chi connectivity index (χ0n) is 39.6. The van der Waals surface area contributed by atoms with E-state index in [0.29, 0.717) is 6.07 Å². The minimum absolute atomic E-state index is 0.168. The Balaban J connectivity index is 1.36. The van der Waals surface area contributed by atoms with Crippen molar-refractivity contribution in [1.29, 1.82) is 0 Å². The largest absolute Gasteiger partial charge is 0.472 e. The molecule has 3 aromatic heterocycles. The van der Waals surface area contributed by atoms with Gasteiger partial charge in [-0.25, -0.2) is 39.7 Å². The molecular weight excluding hydrogens is 1140 g/mol. The third-order valence-corrected chi connectivity index (χ3v) is 15.9. The number of benzene rings is 2. The average molecular weight is 1180 g/mol. The van der Waals surface area contributed by atoms with Crippen molar-refractivity contribution in [2.45, 2.75) is 93.4 Å². The second kappa shape index (κ2) is 20.9. The zero-order valence-corrected chi connectivity index (χ0v) is 42.8. The van der Waals surface area contributed by atoms with Crippen LogP contribution < -0.4 is 10.0 Å². The summed E-state index contributed by atoms with van der Waals surface area (Å²) in [6.07, 6.45) is -12.3. The summed E-state index contributed by atoms with van der Waals surface area (Å²) in [5, 5.41) is 8.68. The van der Waals surface area contributed by atoms with Crippen LogP contribution in [-0.2, 0) is 85.4 Å². The van der Waals surface area contributed by atoms with Crippen molar-refractivity contribution in [3.8, 4) is 23.0 Å². The molecule has 0 spiro atoms. The van der Waals surface area contributed by atoms with E-state index >= 15 is 8.78 Å². The van der Waals surface area contributed by atoms with Gasteiger partial charge in [-0.05, 0) is 74.4 Å². The number of amides is 2. The lowest BCUT2D eigenvalue weighted by Gasteiger charge is -2.23. The smallest absolute Gasteiger partial charge is 0.438 e. The number of sulfone groups is 1. The molecule has 3 atom stereocenters. The maximum atomic E-state index is 15.6. The number of pyridine rings is 1. The first-order chi connectivity index (χ1) is 35.3. The van der Waals surface area contributed by atoms with Gasteiger partial charge in [-0.2, -0.15) is 45.3 Å². The molecule has 33 heteroatoms. The van der Waals surface area contributed by atoms with Crippen LogP contribution in [0.1, 0.15) is 84.7 Å². The van der Waals surface area contributed by atoms with Gasteiger partial charge >= 0.3 is 26.1 Å². The van der Waals surface area contributed by atoms with Crippen LogP contribution in [0.4, 0.5) is 43.9 Å². The van der Waals surface area contributed by atoms with Crippen LogP contribution >= 0.6 is 19.4 Å². The molecule has 0 saturated heterocycles. The number of fused-ring (bicyclic) bond motifs is 4. The monoisotopic (exact) mass is 1180 g/mol. The van der Waals surface area contributed by atoms with Crippen LogP contribution in [0.25, 0.3) is 22.0 Å². The number of sulfonamides is 1. The number of phosphoric acid groups is 1. The molecule has 0 bridgehead atoms. The summed E-state index contributed by atoms with van der Waals surface area (Å²) in [6.45, 7) is -2.12. The first kappa shape index (κ1) is 58.5. The summed E-state index contributed by atoms with van der Waals surface area (Å²) in [5.74, 6) is -9.30. The summed E-state index contributed by atoms with van der Waals surface area (Å²) < 4.78 is 218. The molecule has 1 fully saturated rings. The lowest BCUT2D eigenvalue weighted by atomic mass is 9.93. The number of carbonyl (C=O) groups excluding carboxylic acids is 3. The van der Waals surface area contributed by atoms with Gasteiger partial charge in [-0.1, -0.05) is 23.6 Å². The molecule has 5 aromatic rings. The van der Waals surface area contributed by atoms with Crippen LogP contribution in [0.2, 0.25) is 5.02 Å². The number of carbonyl (C=O) groups is 3. The van der Waals surface area contributed by atoms with E-state index in [0.717, 1.165) is 42.7 Å². The predicted octanol–water partition coefficient (Wildman–Crippen LogP) is 6.63. The van der Waals surface area contributed by atoms with Gasteiger partial charge in [0, 0.05) is 46.7 Å². The van der Waals surface area contributed by atoms with Gasteiger partial charge in [0.2, 0.25) is 28.6 Å². The summed E-state index contributed by atoms with van der Waals surface area (Å²) >= 11 is 6.56. The Kier molecular flexibility index (Phi) is 15.9. The normalized spacial score (nSPS) is 16.8. The molecule has 2 aromatic carbocycles. The molecule has 0 aliphatic heterocycles. The molecule has 2 aliphatic rings. The average Bonchev–Trinajstić information content (AvgIpc) is 3.82. The summed E-state index contributed by atoms with van der Waals surface area (Å²) in [5.41, 5.74) is -6.76. The first-order valence-electron chi connectivity index (χ1n) is 22.0. The number of hydrogen-bond donors (Lipinski definition) is 4. The van der Waals surface area contributed by atoms with Crippen LogP contribution in [-0.4, -0.2) is 92.9 Å². The van der Waals surface area contributed by atoms with Crippen molar-refractivity contribution in [3.05, 3.63) is 98.7 Å². The van der Waals surface area contributed by atoms with Crippen LogP contribution in [0, 0.1) is 29.4 Å². The Morgan fingerprint density at radius 3 is 2.21 bits per heavy atom. The zero-order chi connectivity index (χ0) is 57.2. The predicted molar refractivity (Wildman–Crippen MR) is 247 cm³/mol. The number of aromatic nitrogens is 5. The number of rotatable bonds is 18. The molecule has 2 aliphatic carbocycles. The third-order valence-electron chi connectivity index (χ3n) is 12.0. The molecule has 1 saturated carbocycles. The Labute approximate surface area is 433 Å². The maximum Gasteiger partial charge on any atom is 0.472 e. The van der Waals surface area contributed by atoms with Gasteiger partial charge < -0.3 is 19.8 Å². The van der Waals surface area contributed by atoms with E-state index in [2.05, 4.69) is 41.6 Å². The van der Waals surface area contributed by atoms with Crippen molar-refractivity contribution in [1.82, 2.24) is 34.6 Å². The lowest BCUT2D eigenvalue weighted by Crippen LogP contribution is -2.35. The number of phosphoric ester groups is 1. The van der Waals surface area contributed by atoms with Gasteiger partial charge in [-0.3, -0.25) is 28.5 Å². The van der Waals surface area contributed by atoms with Gasteiger partial charge in [0.1, 0.15) is 46.6 Å². The molecule has 2 amide bonds. The van der Waals surface area contributed by atoms with Gasteiger partial charge in [0.25, 0.3) is 5.92 Å². The standard InChI is InChI=1S/C44H39ClF10N7O12PS2/c1-41(2,76(3,69)70)11-10-24-4-5-25(26-6-7-29(45)36-31(58-62(38(26)36)19-42(48,49)50)18-77(71,72)60-32(63)8-9-34(65)73-20-74-75(66,67)68)37(56-24)30(14-21-12-22(46)15-23(47)13-21)57-33(64)17-61-40-35(39(59-61)44(53,54)55)27-16-28(27)43(40,51)52/h4-7,12-13,15,27-28,30H,8-9,14,16-20H2,1-3H3,(H,57,64)(H,60,63)(H2,66,67,68)/t27-,28+,30-/m0/s1. The summed E-state index contributed by atoms with van der Waals surface area (Å²) in [4.78, 5) is 60.6. The van der Waals surface area contributed by atoms with E-state index in [1.54, 1.807) is 4.72 Å². The van der Waals surface area contributed by atoms with Crippen molar-refractivity contribution in [3.63, 3.8) is 0 Å². The topological polar surface area (TPSA) is 268 Å². The van der Waals surface area contributed by atoms with Crippen molar-refractivity contribution < 1.29 is 98.7 Å². The number of alkyl halides is 8. The molecule has 0 radical (unpaired) electrons. The molecule has 19 nitrogen and oxygen atoms in total. The number of nitrogens with one attached hydrogen (secondary N) is 2. The highest BCUT2D eigenvalue weighted by Gasteiger charge is 2.68. The molecule has 7 rings (SSSR count). The molecule has 77 heavy (non-hydrogen) atoms. The quantitative estimate of drug-likeness (QED) is 0.0236.